The van der Waals surface area contributed by atoms with Crippen LogP contribution in [0.4, 0.5) is 5.69 Å². The zero-order valence-corrected chi connectivity index (χ0v) is 14.2. The summed E-state index contributed by atoms with van der Waals surface area (Å²) in [5.41, 5.74) is 4.19. The Bertz CT molecular complexity index is 789. The number of nitrogens with zero attached hydrogens (tertiary/aromatic N) is 2. The number of anilines is 1. The van der Waals surface area contributed by atoms with E-state index in [4.69, 9.17) is 5.11 Å². The van der Waals surface area contributed by atoms with Gasteiger partial charge in [-0.1, -0.05) is 12.1 Å². The lowest BCUT2D eigenvalue weighted by Crippen LogP contribution is -2.19. The molecule has 2 rings (SSSR count). The lowest BCUT2D eigenvalue weighted by Gasteiger charge is -2.13. The molecule has 0 saturated heterocycles. The summed E-state index contributed by atoms with van der Waals surface area (Å²) in [6, 6.07) is 6.99. The normalized spacial score (nSPS) is 12.3. The molecule has 0 fully saturated rings. The maximum absolute atomic E-state index is 12.5. The number of rotatable bonds is 5. The third kappa shape index (κ3) is 3.90. The number of hydrogen-bond donors (Lipinski definition) is 2. The van der Waals surface area contributed by atoms with E-state index >= 15 is 0 Å². The Hall–Kier alpha value is -2.89. The monoisotopic (exact) mass is 327 g/mol. The topological polar surface area (TPSA) is 84.2 Å². The number of nitrogens with one attached hydrogen (secondary N) is 1. The molecule has 24 heavy (non-hydrogen) atoms. The molecule has 0 aliphatic carbocycles. The molecule has 1 heterocycles. The van der Waals surface area contributed by atoms with Gasteiger partial charge in [0.15, 0.2) is 0 Å². The molecule has 2 aromatic rings. The Labute approximate surface area is 140 Å². The van der Waals surface area contributed by atoms with Crippen LogP contribution in [0, 0.1) is 13.8 Å². The number of hydrogen-bond acceptors (Lipinski definition) is 3. The highest BCUT2D eigenvalue weighted by Crippen LogP contribution is 2.24. The van der Waals surface area contributed by atoms with Gasteiger partial charge < -0.3 is 10.4 Å². The molecular formula is C18H21N3O3. The molecule has 0 spiro atoms. The minimum absolute atomic E-state index is 0.108. The second-order valence-corrected chi connectivity index (χ2v) is 5.71. The average Bonchev–Trinajstić information content (AvgIpc) is 2.78. The van der Waals surface area contributed by atoms with Gasteiger partial charge in [0.25, 0.3) is 0 Å². The molecule has 0 aliphatic heterocycles. The number of aryl methyl sites for hydroxylation is 2. The van der Waals surface area contributed by atoms with E-state index in [2.05, 4.69) is 10.4 Å². The first-order valence-corrected chi connectivity index (χ1v) is 7.61. The number of benzene rings is 1. The van der Waals surface area contributed by atoms with Crippen molar-refractivity contribution in [2.45, 2.75) is 26.7 Å². The highest BCUT2D eigenvalue weighted by Gasteiger charge is 2.22. The van der Waals surface area contributed by atoms with Crippen molar-refractivity contribution in [1.82, 2.24) is 9.78 Å². The minimum Gasteiger partial charge on any atom is -0.478 e. The molecule has 0 bridgehead atoms. The number of carboxylic acids is 1. The molecule has 1 unspecified atom stereocenters. The van der Waals surface area contributed by atoms with Crippen molar-refractivity contribution in [1.29, 1.82) is 0 Å². The highest BCUT2D eigenvalue weighted by molar-refractivity contribution is 5.96. The Morgan fingerprint density at radius 3 is 2.38 bits per heavy atom. The maximum Gasteiger partial charge on any atom is 0.328 e. The Morgan fingerprint density at radius 2 is 1.88 bits per heavy atom. The van der Waals surface area contributed by atoms with Crippen molar-refractivity contribution in [3.63, 3.8) is 0 Å². The summed E-state index contributed by atoms with van der Waals surface area (Å²) in [6.45, 7) is 5.70. The van der Waals surface area contributed by atoms with Gasteiger partial charge in [0, 0.05) is 30.1 Å². The van der Waals surface area contributed by atoms with Crippen LogP contribution in [-0.2, 0) is 16.6 Å². The minimum atomic E-state index is -0.997. The van der Waals surface area contributed by atoms with E-state index in [-0.39, 0.29) is 11.8 Å². The number of aliphatic carboxylic acids is 1. The molecule has 0 radical (unpaired) electrons. The third-order valence-corrected chi connectivity index (χ3v) is 3.99. The van der Waals surface area contributed by atoms with E-state index in [9.17, 15) is 9.59 Å². The van der Waals surface area contributed by atoms with Crippen LogP contribution in [0.3, 0.4) is 0 Å². The zero-order chi connectivity index (χ0) is 17.9. The van der Waals surface area contributed by atoms with Crippen molar-refractivity contribution >= 4 is 23.6 Å². The standard InChI is InChI=1S/C18H21N3O3/c1-11(17-12(2)20-21(4)13(17)3)18(24)19-15-8-5-14(6-9-15)7-10-16(22)23/h5-11H,1-4H3,(H,19,24)(H,22,23). The molecule has 126 valence electrons. The number of aromatic nitrogens is 2. The van der Waals surface area contributed by atoms with Gasteiger partial charge in [-0.3, -0.25) is 9.48 Å². The first-order chi connectivity index (χ1) is 11.3. The van der Waals surface area contributed by atoms with Gasteiger partial charge in [0.2, 0.25) is 5.91 Å². The van der Waals surface area contributed by atoms with Gasteiger partial charge in [-0.25, -0.2) is 4.79 Å². The summed E-state index contributed by atoms with van der Waals surface area (Å²) < 4.78 is 1.78. The van der Waals surface area contributed by atoms with E-state index in [1.165, 1.54) is 6.08 Å². The van der Waals surface area contributed by atoms with Crippen molar-refractivity contribution in [2.24, 2.45) is 7.05 Å². The van der Waals surface area contributed by atoms with Gasteiger partial charge in [-0.15, -0.1) is 0 Å². The maximum atomic E-state index is 12.5. The molecule has 1 aromatic heterocycles. The second kappa shape index (κ2) is 7.12. The number of amides is 1. The fourth-order valence-electron chi connectivity index (χ4n) is 2.64. The summed E-state index contributed by atoms with van der Waals surface area (Å²) in [5, 5.41) is 15.8. The summed E-state index contributed by atoms with van der Waals surface area (Å²) >= 11 is 0. The van der Waals surface area contributed by atoms with E-state index in [0.29, 0.717) is 5.69 Å². The van der Waals surface area contributed by atoms with Crippen LogP contribution >= 0.6 is 0 Å². The highest BCUT2D eigenvalue weighted by atomic mass is 16.4. The molecule has 6 nitrogen and oxygen atoms in total. The fraction of sp³-hybridized carbons (Fsp3) is 0.278. The predicted molar refractivity (Wildman–Crippen MR) is 92.8 cm³/mol. The van der Waals surface area contributed by atoms with Crippen molar-refractivity contribution in [2.75, 3.05) is 5.32 Å². The smallest absolute Gasteiger partial charge is 0.328 e. The molecule has 6 heteroatoms. The molecule has 2 N–H and O–H groups in total. The first-order valence-electron chi connectivity index (χ1n) is 7.61. The van der Waals surface area contributed by atoms with Gasteiger partial charge in [0.05, 0.1) is 11.6 Å². The third-order valence-electron chi connectivity index (χ3n) is 3.99. The Morgan fingerprint density at radius 1 is 1.25 bits per heavy atom. The van der Waals surface area contributed by atoms with Crippen LogP contribution in [0.5, 0.6) is 0 Å². The number of carbonyl (C=O) groups is 2. The number of carboxylic acid groups (broad SMARTS) is 1. The lowest BCUT2D eigenvalue weighted by molar-refractivity contribution is -0.131. The van der Waals surface area contributed by atoms with Gasteiger partial charge >= 0.3 is 5.97 Å². The molecule has 0 aliphatic rings. The van der Waals surface area contributed by atoms with Gasteiger partial charge in [-0.05, 0) is 44.5 Å². The van der Waals surface area contributed by atoms with E-state index in [0.717, 1.165) is 28.6 Å². The molecule has 1 atom stereocenters. The molecule has 1 aromatic carbocycles. The van der Waals surface area contributed by atoms with Crippen molar-refractivity contribution in [3.8, 4) is 0 Å². The van der Waals surface area contributed by atoms with Crippen molar-refractivity contribution in [3.05, 3.63) is 52.9 Å². The fourth-order valence-corrected chi connectivity index (χ4v) is 2.64. The number of carbonyl (C=O) groups excluding carboxylic acids is 1. The van der Waals surface area contributed by atoms with Crippen LogP contribution in [0.2, 0.25) is 0 Å². The van der Waals surface area contributed by atoms with Gasteiger partial charge in [0.1, 0.15) is 0 Å². The van der Waals surface area contributed by atoms with E-state index in [1.54, 1.807) is 28.9 Å². The van der Waals surface area contributed by atoms with E-state index in [1.807, 2.05) is 27.8 Å². The molecule has 0 saturated carbocycles. The summed E-state index contributed by atoms with van der Waals surface area (Å²) in [7, 11) is 1.86. The average molecular weight is 327 g/mol. The lowest BCUT2D eigenvalue weighted by atomic mass is 9.98. The second-order valence-electron chi connectivity index (χ2n) is 5.71. The summed E-state index contributed by atoms with van der Waals surface area (Å²) in [4.78, 5) is 23.0. The van der Waals surface area contributed by atoms with Crippen LogP contribution in [0.25, 0.3) is 6.08 Å². The van der Waals surface area contributed by atoms with Crippen LogP contribution in [-0.4, -0.2) is 26.8 Å². The predicted octanol–water partition coefficient (Wildman–Crippen LogP) is 2.88. The van der Waals surface area contributed by atoms with Crippen LogP contribution in [0.1, 0.15) is 35.4 Å². The summed E-state index contributed by atoms with van der Waals surface area (Å²) in [5.74, 6) is -1.42. The summed E-state index contributed by atoms with van der Waals surface area (Å²) in [6.07, 6.45) is 2.57. The first kappa shape index (κ1) is 17.5. The quantitative estimate of drug-likeness (QED) is 0.827. The zero-order valence-electron chi connectivity index (χ0n) is 14.2. The van der Waals surface area contributed by atoms with Crippen molar-refractivity contribution < 1.29 is 14.7 Å². The SMILES string of the molecule is Cc1nn(C)c(C)c1C(C)C(=O)Nc1ccc(C=CC(=O)O)cc1. The molecule has 1 amide bonds. The Balaban J connectivity index is 2.10. The van der Waals surface area contributed by atoms with E-state index < -0.39 is 5.97 Å². The van der Waals surface area contributed by atoms with Crippen LogP contribution < -0.4 is 5.32 Å². The Kier molecular flexibility index (Phi) is 5.18. The van der Waals surface area contributed by atoms with Crippen LogP contribution in [0.15, 0.2) is 30.3 Å². The van der Waals surface area contributed by atoms with Gasteiger partial charge in [-0.2, -0.15) is 5.10 Å². The largest absolute Gasteiger partial charge is 0.478 e. The molecular weight excluding hydrogens is 306 g/mol.